The van der Waals surface area contributed by atoms with Gasteiger partial charge in [-0.05, 0) is 58.4 Å². The Morgan fingerprint density at radius 3 is 2.52 bits per heavy atom. The van der Waals surface area contributed by atoms with Crippen LogP contribution in [0.5, 0.6) is 0 Å². The summed E-state index contributed by atoms with van der Waals surface area (Å²) in [6, 6.07) is 22.6. The zero-order valence-electron chi connectivity index (χ0n) is 16.0. The summed E-state index contributed by atoms with van der Waals surface area (Å²) in [6.45, 7) is 2.36. The molecule has 1 heterocycles. The number of benzene rings is 3. The minimum Gasteiger partial charge on any atom is -0.342 e. The molecule has 27 heavy (non-hydrogen) atoms. The molecule has 0 unspecified atom stereocenters. The van der Waals surface area contributed by atoms with Crippen LogP contribution in [-0.2, 0) is 16.6 Å². The third-order valence-corrected chi connectivity index (χ3v) is 6.95. The number of nitrogens with zero attached hydrogens (tertiary/aromatic N) is 1. The van der Waals surface area contributed by atoms with Crippen molar-refractivity contribution in [3.05, 3.63) is 71.8 Å². The molecule has 1 aliphatic heterocycles. The van der Waals surface area contributed by atoms with Gasteiger partial charge in [-0.25, -0.2) is 0 Å². The molecule has 3 aromatic carbocycles. The van der Waals surface area contributed by atoms with Gasteiger partial charge < -0.3 is 4.90 Å². The van der Waals surface area contributed by atoms with Crippen molar-refractivity contribution >= 4 is 16.7 Å². The second-order valence-corrected chi connectivity index (χ2v) is 8.41. The van der Waals surface area contributed by atoms with Crippen molar-refractivity contribution in [3.63, 3.8) is 0 Å². The molecule has 0 radical (unpaired) electrons. The first-order chi connectivity index (χ1) is 13.1. The van der Waals surface area contributed by atoms with Crippen LogP contribution >= 0.6 is 0 Å². The van der Waals surface area contributed by atoms with E-state index in [-0.39, 0.29) is 5.41 Å². The van der Waals surface area contributed by atoms with E-state index in [4.69, 9.17) is 0 Å². The highest BCUT2D eigenvalue weighted by atomic mass is 16.2. The van der Waals surface area contributed by atoms with Crippen molar-refractivity contribution in [1.82, 2.24) is 4.90 Å². The Hall–Kier alpha value is -2.61. The van der Waals surface area contributed by atoms with Crippen molar-refractivity contribution in [1.29, 1.82) is 0 Å². The van der Waals surface area contributed by atoms with Crippen molar-refractivity contribution in [2.75, 3.05) is 7.05 Å². The smallest absolute Gasteiger partial charge is 0.222 e. The molecule has 0 aromatic heterocycles. The largest absolute Gasteiger partial charge is 0.342 e. The number of carbonyl (C=O) groups excluding carboxylic acids is 1. The fourth-order valence-electron chi connectivity index (χ4n) is 5.34. The van der Waals surface area contributed by atoms with Crippen LogP contribution in [0.15, 0.2) is 60.7 Å². The SMILES string of the molecule is CN1C(=O)CC[C@]2(C)c3ccc(-c4ccc5ccccc5c4)cc3CC[C@@H]12. The lowest BCUT2D eigenvalue weighted by Crippen LogP contribution is -2.56. The molecule has 0 spiro atoms. The summed E-state index contributed by atoms with van der Waals surface area (Å²) in [5.74, 6) is 0.300. The van der Waals surface area contributed by atoms with E-state index >= 15 is 0 Å². The van der Waals surface area contributed by atoms with E-state index in [2.05, 4.69) is 67.6 Å². The average molecular weight is 355 g/mol. The summed E-state index contributed by atoms with van der Waals surface area (Å²) < 4.78 is 0. The number of piperidine rings is 1. The molecule has 5 rings (SSSR count). The number of rotatable bonds is 1. The third-order valence-electron chi connectivity index (χ3n) is 6.95. The minimum absolute atomic E-state index is 0.0815. The summed E-state index contributed by atoms with van der Waals surface area (Å²) in [7, 11) is 1.98. The summed E-state index contributed by atoms with van der Waals surface area (Å²) in [4.78, 5) is 14.2. The van der Waals surface area contributed by atoms with Crippen LogP contribution in [0.1, 0.15) is 37.3 Å². The third kappa shape index (κ3) is 2.50. The Bertz CT molecular complexity index is 1050. The van der Waals surface area contributed by atoms with Gasteiger partial charge in [0.15, 0.2) is 0 Å². The normalized spacial score (nSPS) is 24.6. The van der Waals surface area contributed by atoms with Crippen LogP contribution in [0.25, 0.3) is 21.9 Å². The molecule has 2 aliphatic rings. The summed E-state index contributed by atoms with van der Waals surface area (Å²) in [5.41, 5.74) is 5.56. The van der Waals surface area contributed by atoms with Crippen LogP contribution in [0, 0.1) is 0 Å². The number of carbonyl (C=O) groups is 1. The predicted molar refractivity (Wildman–Crippen MR) is 111 cm³/mol. The zero-order chi connectivity index (χ0) is 18.6. The predicted octanol–water partition coefficient (Wildman–Crippen LogP) is 5.33. The van der Waals surface area contributed by atoms with Crippen molar-refractivity contribution in [2.24, 2.45) is 0 Å². The lowest BCUT2D eigenvalue weighted by atomic mass is 9.63. The Balaban J connectivity index is 1.56. The number of fused-ring (bicyclic) bond motifs is 4. The van der Waals surface area contributed by atoms with Crippen LogP contribution in [0.3, 0.4) is 0 Å². The molecular weight excluding hydrogens is 330 g/mol. The lowest BCUT2D eigenvalue weighted by molar-refractivity contribution is -0.138. The molecule has 1 aliphatic carbocycles. The Kier molecular flexibility index (Phi) is 3.65. The molecule has 1 amide bonds. The van der Waals surface area contributed by atoms with Crippen molar-refractivity contribution < 1.29 is 4.79 Å². The molecule has 1 saturated heterocycles. The Morgan fingerprint density at radius 2 is 1.67 bits per heavy atom. The highest BCUT2D eigenvalue weighted by Gasteiger charge is 2.46. The number of likely N-dealkylation sites (N-methyl/N-ethyl adjacent to an activating group) is 1. The van der Waals surface area contributed by atoms with Gasteiger partial charge in [0.05, 0.1) is 0 Å². The van der Waals surface area contributed by atoms with Gasteiger partial charge in [0.1, 0.15) is 0 Å². The van der Waals surface area contributed by atoms with E-state index < -0.39 is 0 Å². The Labute approximate surface area is 160 Å². The van der Waals surface area contributed by atoms with Gasteiger partial charge in [0, 0.05) is 24.9 Å². The molecule has 0 saturated carbocycles. The van der Waals surface area contributed by atoms with E-state index in [0.717, 1.165) is 19.3 Å². The first-order valence-electron chi connectivity index (χ1n) is 9.94. The van der Waals surface area contributed by atoms with Crippen molar-refractivity contribution in [2.45, 2.75) is 44.1 Å². The Morgan fingerprint density at radius 1 is 0.926 bits per heavy atom. The lowest BCUT2D eigenvalue weighted by Gasteiger charge is -2.50. The van der Waals surface area contributed by atoms with Gasteiger partial charge in [0.2, 0.25) is 5.91 Å². The van der Waals surface area contributed by atoms with E-state index in [1.165, 1.54) is 33.0 Å². The first-order valence-corrected chi connectivity index (χ1v) is 9.94. The van der Waals surface area contributed by atoms with Crippen LogP contribution in [0.4, 0.5) is 0 Å². The van der Waals surface area contributed by atoms with E-state index in [1.54, 1.807) is 0 Å². The maximum atomic E-state index is 12.2. The summed E-state index contributed by atoms with van der Waals surface area (Å²) in [5, 5.41) is 2.57. The molecule has 136 valence electrons. The molecule has 0 N–H and O–H groups in total. The first kappa shape index (κ1) is 16.6. The molecule has 0 bridgehead atoms. The average Bonchev–Trinajstić information content (AvgIpc) is 2.70. The molecule has 3 aromatic rings. The van der Waals surface area contributed by atoms with Gasteiger partial charge in [-0.2, -0.15) is 0 Å². The highest BCUT2D eigenvalue weighted by Crippen LogP contribution is 2.46. The number of hydrogen-bond donors (Lipinski definition) is 0. The summed E-state index contributed by atoms with van der Waals surface area (Å²) >= 11 is 0. The number of amides is 1. The van der Waals surface area contributed by atoms with E-state index in [1.807, 2.05) is 11.9 Å². The quantitative estimate of drug-likeness (QED) is 0.578. The molecule has 2 heteroatoms. The van der Waals surface area contributed by atoms with Crippen LogP contribution < -0.4 is 0 Å². The monoisotopic (exact) mass is 355 g/mol. The van der Waals surface area contributed by atoms with Gasteiger partial charge in [-0.1, -0.05) is 61.5 Å². The second kappa shape index (κ2) is 5.95. The number of hydrogen-bond acceptors (Lipinski definition) is 1. The second-order valence-electron chi connectivity index (χ2n) is 8.41. The molecule has 1 fully saturated rings. The fraction of sp³-hybridized carbons (Fsp3) is 0.320. The fourth-order valence-corrected chi connectivity index (χ4v) is 5.34. The minimum atomic E-state index is 0.0815. The van der Waals surface area contributed by atoms with Gasteiger partial charge >= 0.3 is 0 Å². The number of aryl methyl sites for hydroxylation is 1. The maximum absolute atomic E-state index is 12.2. The highest BCUT2D eigenvalue weighted by molar-refractivity contribution is 5.87. The topological polar surface area (TPSA) is 20.3 Å². The number of likely N-dealkylation sites (tertiary alicyclic amines) is 1. The van der Waals surface area contributed by atoms with E-state index in [9.17, 15) is 4.79 Å². The van der Waals surface area contributed by atoms with Crippen molar-refractivity contribution in [3.8, 4) is 11.1 Å². The molecule has 2 nitrogen and oxygen atoms in total. The summed E-state index contributed by atoms with van der Waals surface area (Å²) in [6.07, 6.45) is 3.74. The molecule has 2 atom stereocenters. The van der Waals surface area contributed by atoms with Crippen LogP contribution in [0.2, 0.25) is 0 Å². The van der Waals surface area contributed by atoms with Crippen LogP contribution in [-0.4, -0.2) is 23.9 Å². The van der Waals surface area contributed by atoms with Gasteiger partial charge in [0.25, 0.3) is 0 Å². The van der Waals surface area contributed by atoms with Gasteiger partial charge in [-0.15, -0.1) is 0 Å². The van der Waals surface area contributed by atoms with Gasteiger partial charge in [-0.3, -0.25) is 4.79 Å². The maximum Gasteiger partial charge on any atom is 0.222 e. The molecular formula is C25H25NO. The zero-order valence-corrected chi connectivity index (χ0v) is 16.0. The standard InChI is InChI=1S/C25H25NO/c1-25-14-13-24(27)26(2)23(25)12-10-21-16-20(9-11-22(21)25)19-8-7-17-5-3-4-6-18(17)15-19/h3-9,11,15-16,23H,10,12-14H2,1-2H3/t23-,25-/m1/s1. The van der Waals surface area contributed by atoms with E-state index in [0.29, 0.717) is 18.4 Å².